The van der Waals surface area contributed by atoms with Gasteiger partial charge in [0.1, 0.15) is 5.54 Å². The van der Waals surface area contributed by atoms with E-state index in [1.54, 1.807) is 0 Å². The van der Waals surface area contributed by atoms with Crippen molar-refractivity contribution in [3.63, 3.8) is 0 Å². The van der Waals surface area contributed by atoms with Crippen LogP contribution in [0.15, 0.2) is 18.5 Å². The predicted octanol–water partition coefficient (Wildman–Crippen LogP) is 0.159. The molecular weight excluding hydrogens is 284 g/mol. The van der Waals surface area contributed by atoms with Crippen molar-refractivity contribution < 1.29 is 14.4 Å². The summed E-state index contributed by atoms with van der Waals surface area (Å²) in [5, 5.41) is 5.09. The van der Waals surface area contributed by atoms with E-state index >= 15 is 0 Å². The monoisotopic (exact) mass is 294 g/mol. The zero-order valence-corrected chi connectivity index (χ0v) is 11.1. The lowest BCUT2D eigenvalue weighted by Crippen LogP contribution is -2.49. The Morgan fingerprint density at radius 2 is 2.25 bits per heavy atom. The lowest BCUT2D eigenvalue weighted by Gasteiger charge is -2.21. The number of urea groups is 1. The predicted molar refractivity (Wildman–Crippen MR) is 69.2 cm³/mol. The van der Waals surface area contributed by atoms with Crippen LogP contribution in [0.3, 0.4) is 0 Å². The third-order valence-corrected chi connectivity index (χ3v) is 3.90. The van der Waals surface area contributed by atoms with E-state index in [-0.39, 0.29) is 18.0 Å². The van der Waals surface area contributed by atoms with Gasteiger partial charge >= 0.3 is 6.03 Å². The number of halogens is 1. The molecule has 8 heteroatoms. The SMILES string of the molecule is O=C1NC(=O)C2(CCN(C(=O)c3cnccc3Cl)C2)N1. The van der Waals surface area contributed by atoms with Crippen molar-refractivity contribution >= 4 is 29.4 Å². The van der Waals surface area contributed by atoms with Gasteiger partial charge in [-0.1, -0.05) is 11.6 Å². The summed E-state index contributed by atoms with van der Waals surface area (Å²) in [6.45, 7) is 0.506. The van der Waals surface area contributed by atoms with E-state index < -0.39 is 17.5 Å². The van der Waals surface area contributed by atoms with Crippen LogP contribution in [-0.2, 0) is 4.79 Å². The van der Waals surface area contributed by atoms with Gasteiger partial charge in [0, 0.05) is 18.9 Å². The summed E-state index contributed by atoms with van der Waals surface area (Å²) in [7, 11) is 0. The topological polar surface area (TPSA) is 91.4 Å². The van der Waals surface area contributed by atoms with Gasteiger partial charge in [-0.25, -0.2) is 4.79 Å². The van der Waals surface area contributed by atoms with Crippen molar-refractivity contribution in [1.82, 2.24) is 20.5 Å². The van der Waals surface area contributed by atoms with Crippen LogP contribution in [0.1, 0.15) is 16.8 Å². The van der Waals surface area contributed by atoms with Gasteiger partial charge in [-0.15, -0.1) is 0 Å². The zero-order valence-electron chi connectivity index (χ0n) is 10.4. The van der Waals surface area contributed by atoms with Crippen molar-refractivity contribution in [3.8, 4) is 0 Å². The number of nitrogens with one attached hydrogen (secondary N) is 2. The van der Waals surface area contributed by atoms with Crippen LogP contribution in [0.2, 0.25) is 5.02 Å². The second-order valence-electron chi connectivity index (χ2n) is 4.82. The summed E-state index contributed by atoms with van der Waals surface area (Å²) in [4.78, 5) is 40.8. The molecule has 2 fully saturated rings. The maximum Gasteiger partial charge on any atom is 0.322 e. The number of carbonyl (C=O) groups is 3. The number of imide groups is 1. The molecule has 1 atom stereocenters. The highest BCUT2D eigenvalue weighted by Gasteiger charge is 2.51. The van der Waals surface area contributed by atoms with Gasteiger partial charge in [0.15, 0.2) is 0 Å². The van der Waals surface area contributed by atoms with E-state index in [2.05, 4.69) is 15.6 Å². The van der Waals surface area contributed by atoms with Crippen LogP contribution in [0.4, 0.5) is 4.79 Å². The number of rotatable bonds is 1. The molecule has 1 unspecified atom stereocenters. The first-order valence-corrected chi connectivity index (χ1v) is 6.42. The number of aromatic nitrogens is 1. The van der Waals surface area contributed by atoms with Crippen molar-refractivity contribution in [2.75, 3.05) is 13.1 Å². The molecule has 0 saturated carbocycles. The minimum atomic E-state index is -1.01. The van der Waals surface area contributed by atoms with Crippen molar-refractivity contribution in [2.45, 2.75) is 12.0 Å². The highest BCUT2D eigenvalue weighted by atomic mass is 35.5. The van der Waals surface area contributed by atoms with Crippen LogP contribution < -0.4 is 10.6 Å². The molecule has 0 radical (unpaired) electrons. The molecule has 3 heterocycles. The standard InChI is InChI=1S/C12H11ClN4O3/c13-8-1-3-14-5-7(8)9(18)17-4-2-12(6-17)10(19)15-11(20)16-12/h1,3,5H,2,4,6H2,(H2,15,16,19,20). The average Bonchev–Trinajstić information content (AvgIpc) is 2.95. The van der Waals surface area contributed by atoms with Crippen LogP contribution in [0.5, 0.6) is 0 Å². The molecule has 1 aromatic heterocycles. The second kappa shape index (κ2) is 4.45. The molecule has 0 aromatic carbocycles. The maximum absolute atomic E-state index is 12.4. The Kier molecular flexibility index (Phi) is 2.86. The summed E-state index contributed by atoms with van der Waals surface area (Å²) < 4.78 is 0. The lowest BCUT2D eigenvalue weighted by molar-refractivity contribution is -0.123. The second-order valence-corrected chi connectivity index (χ2v) is 5.23. The molecule has 0 aliphatic carbocycles. The van der Waals surface area contributed by atoms with Gasteiger partial charge in [0.25, 0.3) is 11.8 Å². The molecule has 2 N–H and O–H groups in total. The Morgan fingerprint density at radius 1 is 1.45 bits per heavy atom. The zero-order chi connectivity index (χ0) is 14.3. The van der Waals surface area contributed by atoms with Crippen LogP contribution in [-0.4, -0.2) is 46.4 Å². The number of carbonyl (C=O) groups excluding carboxylic acids is 3. The first-order valence-electron chi connectivity index (χ1n) is 6.04. The Balaban J connectivity index is 1.81. The quantitative estimate of drug-likeness (QED) is 0.722. The smallest absolute Gasteiger partial charge is 0.322 e. The highest BCUT2D eigenvalue weighted by molar-refractivity contribution is 6.33. The number of pyridine rings is 1. The molecule has 0 bridgehead atoms. The molecule has 1 aromatic rings. The third-order valence-electron chi connectivity index (χ3n) is 3.57. The molecule has 1 spiro atoms. The summed E-state index contributed by atoms with van der Waals surface area (Å²) in [6.07, 6.45) is 3.27. The molecular formula is C12H11ClN4O3. The summed E-state index contributed by atoms with van der Waals surface area (Å²) in [5.41, 5.74) is -0.725. The van der Waals surface area contributed by atoms with Gasteiger partial charge in [0.05, 0.1) is 17.1 Å². The van der Waals surface area contributed by atoms with Crippen LogP contribution >= 0.6 is 11.6 Å². The van der Waals surface area contributed by atoms with Gasteiger partial charge in [-0.05, 0) is 12.5 Å². The van der Waals surface area contributed by atoms with Crippen LogP contribution in [0.25, 0.3) is 0 Å². The molecule has 4 amide bonds. The summed E-state index contributed by atoms with van der Waals surface area (Å²) in [5.74, 6) is -0.691. The van der Waals surface area contributed by atoms with E-state index in [1.165, 1.54) is 23.4 Å². The fourth-order valence-electron chi connectivity index (χ4n) is 2.50. The fraction of sp³-hybridized carbons (Fsp3) is 0.333. The van der Waals surface area contributed by atoms with Crippen molar-refractivity contribution in [3.05, 3.63) is 29.0 Å². The molecule has 2 saturated heterocycles. The minimum absolute atomic E-state index is 0.134. The van der Waals surface area contributed by atoms with Gasteiger partial charge < -0.3 is 10.2 Å². The van der Waals surface area contributed by atoms with Crippen molar-refractivity contribution in [1.29, 1.82) is 0 Å². The average molecular weight is 295 g/mol. The molecule has 7 nitrogen and oxygen atoms in total. The Hall–Kier alpha value is -2.15. The van der Waals surface area contributed by atoms with Gasteiger partial charge in [0.2, 0.25) is 0 Å². The summed E-state index contributed by atoms with van der Waals surface area (Å²) in [6, 6.07) is 1.01. The molecule has 20 heavy (non-hydrogen) atoms. The molecule has 3 rings (SSSR count). The number of nitrogens with zero attached hydrogens (tertiary/aromatic N) is 2. The molecule has 2 aliphatic rings. The number of hydrogen-bond donors (Lipinski definition) is 2. The van der Waals surface area contributed by atoms with Crippen LogP contribution in [0, 0.1) is 0 Å². The van der Waals surface area contributed by atoms with E-state index in [4.69, 9.17) is 11.6 Å². The van der Waals surface area contributed by atoms with E-state index in [0.717, 1.165) is 0 Å². The molecule has 2 aliphatic heterocycles. The normalized spacial score (nSPS) is 24.9. The van der Waals surface area contributed by atoms with Crippen molar-refractivity contribution in [2.24, 2.45) is 0 Å². The third kappa shape index (κ3) is 1.90. The van der Waals surface area contributed by atoms with E-state index in [1.807, 2.05) is 0 Å². The minimum Gasteiger partial charge on any atom is -0.336 e. The number of likely N-dealkylation sites (tertiary alicyclic amines) is 1. The largest absolute Gasteiger partial charge is 0.336 e. The Labute approximate surface area is 119 Å². The number of hydrogen-bond acceptors (Lipinski definition) is 4. The van der Waals surface area contributed by atoms with Gasteiger partial charge in [-0.3, -0.25) is 19.9 Å². The number of amides is 4. The van der Waals surface area contributed by atoms with Gasteiger partial charge in [-0.2, -0.15) is 0 Å². The highest BCUT2D eigenvalue weighted by Crippen LogP contribution is 2.27. The molecule has 104 valence electrons. The lowest BCUT2D eigenvalue weighted by atomic mass is 9.99. The van der Waals surface area contributed by atoms with E-state index in [0.29, 0.717) is 18.0 Å². The Morgan fingerprint density at radius 3 is 2.90 bits per heavy atom. The fourth-order valence-corrected chi connectivity index (χ4v) is 2.69. The first-order chi connectivity index (χ1) is 9.52. The summed E-state index contributed by atoms with van der Waals surface area (Å²) >= 11 is 5.96. The van der Waals surface area contributed by atoms with E-state index in [9.17, 15) is 14.4 Å². The Bertz CT molecular complexity index is 620. The maximum atomic E-state index is 12.4. The first kappa shape index (κ1) is 12.9.